The zero-order valence-corrected chi connectivity index (χ0v) is 10.7. The lowest BCUT2D eigenvalue weighted by molar-refractivity contribution is 0.587. The van der Waals surface area contributed by atoms with Crippen LogP contribution in [0.3, 0.4) is 0 Å². The third-order valence-corrected chi connectivity index (χ3v) is 2.91. The molecule has 0 aliphatic rings. The van der Waals surface area contributed by atoms with Gasteiger partial charge in [-0.25, -0.2) is 9.36 Å². The van der Waals surface area contributed by atoms with Crippen molar-refractivity contribution in [2.45, 2.75) is 6.54 Å². The number of anilines is 1. The number of nitrogens with two attached hydrogens (primary N) is 1. The van der Waals surface area contributed by atoms with Crippen LogP contribution >= 0.6 is 0 Å². The van der Waals surface area contributed by atoms with E-state index < -0.39 is 0 Å². The number of aryl methyl sites for hydroxylation is 1. The fraction of sp³-hybridized carbons (Fsp3) is 0.182. The highest BCUT2D eigenvalue weighted by atomic mass is 16.1. The molecule has 9 nitrogen and oxygen atoms in total. The van der Waals surface area contributed by atoms with Gasteiger partial charge in [-0.1, -0.05) is 5.21 Å². The molecule has 0 amide bonds. The summed E-state index contributed by atoms with van der Waals surface area (Å²) in [5, 5.41) is 12.3. The smallest absolute Gasteiger partial charge is 0.281 e. The van der Waals surface area contributed by atoms with E-state index in [0.29, 0.717) is 22.4 Å². The zero-order chi connectivity index (χ0) is 14.1. The molecule has 0 saturated carbocycles. The molecule has 0 unspecified atom stereocenters. The third kappa shape index (κ3) is 1.99. The van der Waals surface area contributed by atoms with E-state index in [1.54, 1.807) is 25.4 Å². The van der Waals surface area contributed by atoms with Gasteiger partial charge in [-0.05, 0) is 12.1 Å². The van der Waals surface area contributed by atoms with Crippen LogP contribution in [-0.2, 0) is 13.6 Å². The first-order valence-electron chi connectivity index (χ1n) is 5.86. The molecule has 0 aromatic carbocycles. The summed E-state index contributed by atoms with van der Waals surface area (Å²) in [7, 11) is 1.71. The summed E-state index contributed by atoms with van der Waals surface area (Å²) in [5.41, 5.74) is 4.09. The fourth-order valence-corrected chi connectivity index (χ4v) is 1.89. The molecule has 0 radical (unpaired) electrons. The van der Waals surface area contributed by atoms with Gasteiger partial charge >= 0.3 is 0 Å². The van der Waals surface area contributed by atoms with Gasteiger partial charge in [0.1, 0.15) is 5.39 Å². The van der Waals surface area contributed by atoms with E-state index >= 15 is 0 Å². The topological polar surface area (TPSA) is 117 Å². The first kappa shape index (κ1) is 12.2. The van der Waals surface area contributed by atoms with Gasteiger partial charge in [0.05, 0.1) is 24.1 Å². The van der Waals surface area contributed by atoms with Crippen LogP contribution in [0.1, 0.15) is 5.69 Å². The molecule has 3 rings (SSSR count). The van der Waals surface area contributed by atoms with Crippen LogP contribution in [0.25, 0.3) is 11.0 Å². The van der Waals surface area contributed by atoms with Gasteiger partial charge in [-0.2, -0.15) is 5.10 Å². The van der Waals surface area contributed by atoms with Crippen molar-refractivity contribution in [1.29, 1.82) is 0 Å². The Hall–Kier alpha value is -2.81. The molecule has 0 saturated heterocycles. The Morgan fingerprint density at radius 1 is 1.45 bits per heavy atom. The Morgan fingerprint density at radius 2 is 2.30 bits per heavy atom. The number of fused-ring (bicyclic) bond motifs is 1. The minimum Gasteiger partial charge on any atom is -0.324 e. The molecule has 20 heavy (non-hydrogen) atoms. The maximum atomic E-state index is 12.2. The molecule has 102 valence electrons. The molecule has 0 aliphatic heterocycles. The van der Waals surface area contributed by atoms with Gasteiger partial charge < -0.3 is 5.43 Å². The third-order valence-electron chi connectivity index (χ3n) is 2.91. The molecule has 0 aliphatic carbocycles. The van der Waals surface area contributed by atoms with Gasteiger partial charge in [0, 0.05) is 13.2 Å². The van der Waals surface area contributed by atoms with E-state index in [1.165, 1.54) is 15.6 Å². The van der Waals surface area contributed by atoms with Crippen LogP contribution in [-0.4, -0.2) is 29.8 Å². The summed E-state index contributed by atoms with van der Waals surface area (Å²) in [6.45, 7) is 0.214. The highest BCUT2D eigenvalue weighted by Gasteiger charge is 2.10. The first-order valence-corrected chi connectivity index (χ1v) is 5.86. The maximum absolute atomic E-state index is 12.2. The number of hydrogen-bond acceptors (Lipinski definition) is 7. The van der Waals surface area contributed by atoms with Crippen LogP contribution in [0.5, 0.6) is 0 Å². The average molecular weight is 272 g/mol. The molecule has 0 spiro atoms. The second-order valence-corrected chi connectivity index (χ2v) is 4.24. The quantitative estimate of drug-likeness (QED) is 0.476. The lowest BCUT2D eigenvalue weighted by atomic mass is 10.3. The molecular formula is C11H12N8O. The highest BCUT2D eigenvalue weighted by Crippen LogP contribution is 2.07. The molecule has 0 atom stereocenters. The van der Waals surface area contributed by atoms with E-state index in [4.69, 9.17) is 5.84 Å². The number of hydrogen-bond donors (Lipinski definition) is 2. The van der Waals surface area contributed by atoms with E-state index in [-0.39, 0.29) is 12.1 Å². The van der Waals surface area contributed by atoms with Crippen molar-refractivity contribution in [1.82, 2.24) is 29.8 Å². The van der Waals surface area contributed by atoms with Crippen molar-refractivity contribution >= 4 is 16.7 Å². The van der Waals surface area contributed by atoms with Crippen molar-refractivity contribution in [3.8, 4) is 0 Å². The number of nitrogen functional groups attached to an aromatic ring is 1. The second kappa shape index (κ2) is 4.70. The number of nitrogens with zero attached hydrogens (tertiary/aromatic N) is 6. The van der Waals surface area contributed by atoms with Gasteiger partial charge in [0.2, 0.25) is 0 Å². The average Bonchev–Trinajstić information content (AvgIpc) is 2.84. The summed E-state index contributed by atoms with van der Waals surface area (Å²) in [4.78, 5) is 16.4. The fourth-order valence-electron chi connectivity index (χ4n) is 1.89. The highest BCUT2D eigenvalue weighted by molar-refractivity contribution is 5.72. The lowest BCUT2D eigenvalue weighted by Crippen LogP contribution is -2.25. The minimum absolute atomic E-state index is 0.214. The lowest BCUT2D eigenvalue weighted by Gasteiger charge is -2.05. The van der Waals surface area contributed by atoms with Crippen molar-refractivity contribution in [2.75, 3.05) is 5.43 Å². The van der Waals surface area contributed by atoms with Crippen LogP contribution in [0, 0.1) is 0 Å². The summed E-state index contributed by atoms with van der Waals surface area (Å²) in [6, 6.07) is 3.46. The van der Waals surface area contributed by atoms with Crippen molar-refractivity contribution < 1.29 is 0 Å². The molecule has 3 aromatic heterocycles. The summed E-state index contributed by atoms with van der Waals surface area (Å²) in [5.74, 6) is 5.33. The Balaban J connectivity index is 2.02. The molecular weight excluding hydrogens is 260 g/mol. The minimum atomic E-state index is -0.254. The first-order chi connectivity index (χ1) is 9.69. The Kier molecular flexibility index (Phi) is 2.88. The van der Waals surface area contributed by atoms with Crippen LogP contribution in [0.2, 0.25) is 0 Å². The molecule has 9 heteroatoms. The maximum Gasteiger partial charge on any atom is 0.281 e. The predicted octanol–water partition coefficient (Wildman–Crippen LogP) is -0.746. The van der Waals surface area contributed by atoms with Gasteiger partial charge in [-0.15, -0.1) is 5.10 Å². The largest absolute Gasteiger partial charge is 0.324 e. The number of pyridine rings is 1. The van der Waals surface area contributed by atoms with Crippen LogP contribution in [0.4, 0.5) is 5.69 Å². The molecule has 3 aromatic rings. The standard InChI is InChI=1S/C11H12N8O/c1-18-10-9(5-14-18)11(20)19(17-16-10)6-8-4-7(15-12)2-3-13-8/h2-5H,6,12H2,1H3,(H,13,15). The summed E-state index contributed by atoms with van der Waals surface area (Å²) in [6.07, 6.45) is 3.08. The number of aromatic nitrogens is 6. The molecule has 3 N–H and O–H groups in total. The normalized spacial score (nSPS) is 10.9. The van der Waals surface area contributed by atoms with E-state index in [0.717, 1.165) is 0 Å². The Labute approximate surface area is 113 Å². The monoisotopic (exact) mass is 272 g/mol. The van der Waals surface area contributed by atoms with Crippen molar-refractivity contribution in [2.24, 2.45) is 12.9 Å². The van der Waals surface area contributed by atoms with Gasteiger partial charge in [0.15, 0.2) is 5.65 Å². The van der Waals surface area contributed by atoms with E-state index in [2.05, 4.69) is 25.8 Å². The SMILES string of the molecule is Cn1ncc2c(=O)n(Cc3cc(NN)ccn3)nnc21. The van der Waals surface area contributed by atoms with E-state index in [9.17, 15) is 4.79 Å². The van der Waals surface area contributed by atoms with Crippen LogP contribution in [0.15, 0.2) is 29.3 Å². The zero-order valence-electron chi connectivity index (χ0n) is 10.7. The van der Waals surface area contributed by atoms with Gasteiger partial charge in [0.25, 0.3) is 5.56 Å². The number of nitrogens with one attached hydrogen (secondary N) is 1. The van der Waals surface area contributed by atoms with Crippen molar-refractivity contribution in [3.05, 3.63) is 40.6 Å². The summed E-state index contributed by atoms with van der Waals surface area (Å²) >= 11 is 0. The molecule has 0 bridgehead atoms. The van der Waals surface area contributed by atoms with Crippen molar-refractivity contribution in [3.63, 3.8) is 0 Å². The number of rotatable bonds is 3. The predicted molar refractivity (Wildman–Crippen MR) is 71.7 cm³/mol. The van der Waals surface area contributed by atoms with Crippen LogP contribution < -0.4 is 16.8 Å². The Bertz CT molecular complexity index is 821. The Morgan fingerprint density at radius 3 is 3.10 bits per heavy atom. The summed E-state index contributed by atoms with van der Waals surface area (Å²) < 4.78 is 2.75. The van der Waals surface area contributed by atoms with Gasteiger partial charge in [-0.3, -0.25) is 15.6 Å². The molecule has 0 fully saturated rings. The molecule has 3 heterocycles. The number of hydrazine groups is 1. The van der Waals surface area contributed by atoms with E-state index in [1.807, 2.05) is 0 Å². The second-order valence-electron chi connectivity index (χ2n) is 4.24.